The summed E-state index contributed by atoms with van der Waals surface area (Å²) < 4.78 is 18.8. The van der Waals surface area contributed by atoms with Gasteiger partial charge in [0.05, 0.1) is 12.8 Å². The summed E-state index contributed by atoms with van der Waals surface area (Å²) in [5, 5.41) is 9.05. The molecule has 0 atom stereocenters. The van der Waals surface area contributed by atoms with Gasteiger partial charge in [0.25, 0.3) is 0 Å². The number of methoxy groups -OCH3 is 1. The maximum atomic E-state index is 13.6. The van der Waals surface area contributed by atoms with Crippen LogP contribution in [0.3, 0.4) is 0 Å². The van der Waals surface area contributed by atoms with Gasteiger partial charge < -0.3 is 9.64 Å². The number of halogens is 1. The van der Waals surface area contributed by atoms with Crippen molar-refractivity contribution in [2.45, 2.75) is 0 Å². The zero-order valence-electron chi connectivity index (χ0n) is 10.7. The monoisotopic (exact) mass is 256 g/mol. The number of hydrogen-bond acceptors (Lipinski definition) is 3. The van der Waals surface area contributed by atoms with E-state index in [4.69, 9.17) is 10.00 Å². The second kappa shape index (κ2) is 5.40. The maximum absolute atomic E-state index is 13.6. The van der Waals surface area contributed by atoms with E-state index in [-0.39, 0.29) is 5.56 Å². The van der Waals surface area contributed by atoms with Gasteiger partial charge in [0.2, 0.25) is 0 Å². The fraction of sp³-hybridized carbons (Fsp3) is 0.133. The molecule has 0 heterocycles. The lowest BCUT2D eigenvalue weighted by molar-refractivity contribution is 0.415. The van der Waals surface area contributed by atoms with Gasteiger partial charge in [0.15, 0.2) is 0 Å². The highest BCUT2D eigenvalue weighted by Crippen LogP contribution is 2.30. The third kappa shape index (κ3) is 2.50. The molecule has 2 rings (SSSR count). The Labute approximate surface area is 111 Å². The molecule has 0 aliphatic carbocycles. The summed E-state index contributed by atoms with van der Waals surface area (Å²) in [6.07, 6.45) is 0. The predicted molar refractivity (Wildman–Crippen MR) is 72.2 cm³/mol. The first-order chi connectivity index (χ1) is 9.17. The van der Waals surface area contributed by atoms with E-state index in [0.717, 1.165) is 5.69 Å². The van der Waals surface area contributed by atoms with E-state index in [1.807, 2.05) is 30.3 Å². The number of ether oxygens (including phenoxy) is 1. The molecular weight excluding hydrogens is 243 g/mol. The van der Waals surface area contributed by atoms with Crippen LogP contribution in [0.2, 0.25) is 0 Å². The smallest absolute Gasteiger partial charge is 0.143 e. The Kier molecular flexibility index (Phi) is 3.67. The zero-order chi connectivity index (χ0) is 13.8. The van der Waals surface area contributed by atoms with Gasteiger partial charge in [-0.05, 0) is 24.3 Å². The van der Waals surface area contributed by atoms with Gasteiger partial charge >= 0.3 is 0 Å². The molecule has 3 nitrogen and oxygen atoms in total. The summed E-state index contributed by atoms with van der Waals surface area (Å²) in [5.74, 6) is 0.189. The largest absolute Gasteiger partial charge is 0.497 e. The number of hydrogen-bond donors (Lipinski definition) is 0. The van der Waals surface area contributed by atoms with Crippen molar-refractivity contribution in [3.63, 3.8) is 0 Å². The number of anilines is 2. The fourth-order valence-corrected chi connectivity index (χ4v) is 1.86. The molecular formula is C15H13FN2O. The SMILES string of the molecule is COc1cccc(N(C)c2cccc(F)c2C#N)c1. The Morgan fingerprint density at radius 1 is 1.21 bits per heavy atom. The molecule has 0 bridgehead atoms. The van der Waals surface area contributed by atoms with Crippen LogP contribution < -0.4 is 9.64 Å². The second-order valence-corrected chi connectivity index (χ2v) is 4.01. The molecule has 0 aromatic heterocycles. The molecule has 96 valence electrons. The van der Waals surface area contributed by atoms with Crippen molar-refractivity contribution in [3.05, 3.63) is 53.8 Å². The second-order valence-electron chi connectivity index (χ2n) is 4.01. The molecule has 0 N–H and O–H groups in total. The number of benzene rings is 2. The van der Waals surface area contributed by atoms with Crippen LogP contribution >= 0.6 is 0 Å². The first-order valence-corrected chi connectivity index (χ1v) is 5.73. The molecule has 2 aromatic rings. The van der Waals surface area contributed by atoms with Crippen LogP contribution in [0.5, 0.6) is 5.75 Å². The maximum Gasteiger partial charge on any atom is 0.143 e. The Bertz CT molecular complexity index is 634. The average molecular weight is 256 g/mol. The number of nitrogens with zero attached hydrogens (tertiary/aromatic N) is 2. The highest BCUT2D eigenvalue weighted by Gasteiger charge is 2.13. The summed E-state index contributed by atoms with van der Waals surface area (Å²) in [4.78, 5) is 1.75. The van der Waals surface area contributed by atoms with Crippen LogP contribution in [0, 0.1) is 17.1 Å². The van der Waals surface area contributed by atoms with Crippen LogP contribution in [0.25, 0.3) is 0 Å². The molecule has 0 aliphatic heterocycles. The molecule has 2 aromatic carbocycles. The molecule has 0 radical (unpaired) electrons. The van der Waals surface area contributed by atoms with Crippen molar-refractivity contribution in [2.24, 2.45) is 0 Å². The average Bonchev–Trinajstić information content (AvgIpc) is 2.46. The summed E-state index contributed by atoms with van der Waals surface area (Å²) in [6.45, 7) is 0. The van der Waals surface area contributed by atoms with Crippen molar-refractivity contribution >= 4 is 11.4 Å². The van der Waals surface area contributed by atoms with Gasteiger partial charge in [-0.1, -0.05) is 12.1 Å². The van der Waals surface area contributed by atoms with Crippen LogP contribution in [-0.4, -0.2) is 14.2 Å². The molecule has 0 spiro atoms. The van der Waals surface area contributed by atoms with E-state index < -0.39 is 5.82 Å². The third-order valence-corrected chi connectivity index (χ3v) is 2.91. The summed E-state index contributed by atoms with van der Waals surface area (Å²) in [6, 6.07) is 13.8. The minimum absolute atomic E-state index is 0.0350. The lowest BCUT2D eigenvalue weighted by atomic mass is 10.1. The van der Waals surface area contributed by atoms with E-state index in [0.29, 0.717) is 11.4 Å². The van der Waals surface area contributed by atoms with E-state index >= 15 is 0 Å². The molecule has 0 fully saturated rings. The van der Waals surface area contributed by atoms with Crippen molar-refractivity contribution < 1.29 is 9.13 Å². The van der Waals surface area contributed by atoms with Gasteiger partial charge in [-0.25, -0.2) is 4.39 Å². The van der Waals surface area contributed by atoms with Gasteiger partial charge in [-0.15, -0.1) is 0 Å². The first kappa shape index (κ1) is 12.9. The van der Waals surface area contributed by atoms with E-state index in [1.165, 1.54) is 6.07 Å². The standard InChI is InChI=1S/C15H13FN2O/c1-18(11-5-3-6-12(9-11)19-2)15-8-4-7-14(16)13(15)10-17/h3-9H,1-2H3. The summed E-state index contributed by atoms with van der Waals surface area (Å²) >= 11 is 0. The minimum atomic E-state index is -0.519. The Morgan fingerprint density at radius 3 is 2.63 bits per heavy atom. The molecule has 0 amide bonds. The zero-order valence-corrected chi connectivity index (χ0v) is 10.7. The Hall–Kier alpha value is -2.54. The first-order valence-electron chi connectivity index (χ1n) is 5.73. The molecule has 19 heavy (non-hydrogen) atoms. The lowest BCUT2D eigenvalue weighted by Crippen LogP contribution is -2.11. The van der Waals surface area contributed by atoms with Crippen molar-refractivity contribution in [1.29, 1.82) is 5.26 Å². The quantitative estimate of drug-likeness (QED) is 0.843. The molecule has 4 heteroatoms. The number of nitriles is 1. The summed E-state index contributed by atoms with van der Waals surface area (Å²) in [7, 11) is 3.37. The van der Waals surface area contributed by atoms with Gasteiger partial charge in [0, 0.05) is 18.8 Å². The highest BCUT2D eigenvalue weighted by molar-refractivity contribution is 5.69. The van der Waals surface area contributed by atoms with Gasteiger partial charge in [0.1, 0.15) is 23.2 Å². The molecule has 0 aliphatic rings. The normalized spacial score (nSPS) is 9.79. The molecule has 0 unspecified atom stereocenters. The van der Waals surface area contributed by atoms with Gasteiger partial charge in [-0.3, -0.25) is 0 Å². The number of rotatable bonds is 3. The van der Waals surface area contributed by atoms with Crippen LogP contribution in [0.15, 0.2) is 42.5 Å². The lowest BCUT2D eigenvalue weighted by Gasteiger charge is -2.21. The summed E-state index contributed by atoms with van der Waals surface area (Å²) in [5.41, 5.74) is 1.38. The highest BCUT2D eigenvalue weighted by atomic mass is 19.1. The van der Waals surface area contributed by atoms with E-state index in [9.17, 15) is 4.39 Å². The topological polar surface area (TPSA) is 36.3 Å². The minimum Gasteiger partial charge on any atom is -0.497 e. The molecule has 0 saturated heterocycles. The predicted octanol–water partition coefficient (Wildman–Crippen LogP) is 3.47. The van der Waals surface area contributed by atoms with Crippen LogP contribution in [-0.2, 0) is 0 Å². The van der Waals surface area contributed by atoms with Crippen LogP contribution in [0.1, 0.15) is 5.56 Å². The Morgan fingerprint density at radius 2 is 1.95 bits per heavy atom. The van der Waals surface area contributed by atoms with Crippen molar-refractivity contribution in [2.75, 3.05) is 19.1 Å². The van der Waals surface area contributed by atoms with E-state index in [1.54, 1.807) is 31.2 Å². The Balaban J connectivity index is 2.47. The van der Waals surface area contributed by atoms with Crippen molar-refractivity contribution in [3.8, 4) is 11.8 Å². The van der Waals surface area contributed by atoms with Crippen LogP contribution in [0.4, 0.5) is 15.8 Å². The van der Waals surface area contributed by atoms with Gasteiger partial charge in [-0.2, -0.15) is 5.26 Å². The molecule has 0 saturated carbocycles. The fourth-order valence-electron chi connectivity index (χ4n) is 1.86. The van der Waals surface area contributed by atoms with Crippen molar-refractivity contribution in [1.82, 2.24) is 0 Å². The van der Waals surface area contributed by atoms with E-state index in [2.05, 4.69) is 0 Å². The third-order valence-electron chi connectivity index (χ3n) is 2.91.